The van der Waals surface area contributed by atoms with Gasteiger partial charge in [0, 0.05) is 6.04 Å². The van der Waals surface area contributed by atoms with E-state index < -0.39 is 17.8 Å². The van der Waals surface area contributed by atoms with Gasteiger partial charge >= 0.3 is 5.97 Å². The number of rotatable bonds is 4. The highest BCUT2D eigenvalue weighted by Gasteiger charge is 2.25. The van der Waals surface area contributed by atoms with E-state index in [-0.39, 0.29) is 11.1 Å². The molecule has 0 saturated heterocycles. The van der Waals surface area contributed by atoms with Gasteiger partial charge in [0.1, 0.15) is 11.9 Å². The summed E-state index contributed by atoms with van der Waals surface area (Å²) in [5, 5.41) is 12.3. The lowest BCUT2D eigenvalue weighted by Gasteiger charge is -2.20. The first-order valence-corrected chi connectivity index (χ1v) is 6.39. The lowest BCUT2D eigenvalue weighted by atomic mass is 10.1. The van der Waals surface area contributed by atoms with Crippen molar-refractivity contribution in [3.63, 3.8) is 0 Å². The highest BCUT2D eigenvalue weighted by molar-refractivity contribution is 6.30. The second-order valence-electron chi connectivity index (χ2n) is 4.59. The fourth-order valence-corrected chi connectivity index (χ4v) is 2.45. The van der Waals surface area contributed by atoms with E-state index in [1.54, 1.807) is 6.07 Å². The second-order valence-corrected chi connectivity index (χ2v) is 5.00. The first kappa shape index (κ1) is 13.3. The van der Waals surface area contributed by atoms with E-state index in [4.69, 9.17) is 11.6 Å². The molecule has 0 aliphatic heterocycles. The SMILES string of the molecule is O=C(O)C(NC1CCCC1)c1ccc(Cl)c(F)c1. The first-order valence-electron chi connectivity index (χ1n) is 6.01. The van der Waals surface area contributed by atoms with E-state index in [1.807, 2.05) is 0 Å². The molecule has 1 fully saturated rings. The third kappa shape index (κ3) is 3.00. The lowest BCUT2D eigenvalue weighted by Crippen LogP contribution is -2.35. The third-order valence-electron chi connectivity index (χ3n) is 3.28. The fraction of sp³-hybridized carbons (Fsp3) is 0.462. The van der Waals surface area contributed by atoms with Gasteiger partial charge in [0.05, 0.1) is 5.02 Å². The van der Waals surface area contributed by atoms with E-state index in [9.17, 15) is 14.3 Å². The Balaban J connectivity index is 2.17. The summed E-state index contributed by atoms with van der Waals surface area (Å²) in [7, 11) is 0. The van der Waals surface area contributed by atoms with Crippen molar-refractivity contribution in [2.24, 2.45) is 0 Å². The van der Waals surface area contributed by atoms with Crippen molar-refractivity contribution in [1.29, 1.82) is 0 Å². The molecule has 18 heavy (non-hydrogen) atoms. The summed E-state index contributed by atoms with van der Waals surface area (Å²) >= 11 is 5.59. The van der Waals surface area contributed by atoms with Crippen molar-refractivity contribution >= 4 is 17.6 Å². The molecule has 2 N–H and O–H groups in total. The Bertz CT molecular complexity index is 447. The average Bonchev–Trinajstić information content (AvgIpc) is 2.82. The van der Waals surface area contributed by atoms with Crippen LogP contribution < -0.4 is 5.32 Å². The molecule has 0 radical (unpaired) electrons. The Morgan fingerprint density at radius 1 is 1.44 bits per heavy atom. The van der Waals surface area contributed by atoms with Crippen molar-refractivity contribution in [1.82, 2.24) is 5.32 Å². The second kappa shape index (κ2) is 5.67. The average molecular weight is 272 g/mol. The van der Waals surface area contributed by atoms with E-state index >= 15 is 0 Å². The molecule has 2 rings (SSSR count). The Kier molecular flexibility index (Phi) is 4.19. The third-order valence-corrected chi connectivity index (χ3v) is 3.59. The number of carboxylic acid groups (broad SMARTS) is 1. The molecule has 0 bridgehead atoms. The van der Waals surface area contributed by atoms with E-state index in [0.717, 1.165) is 25.7 Å². The van der Waals surface area contributed by atoms with Gasteiger partial charge in [-0.05, 0) is 30.5 Å². The molecule has 1 aliphatic rings. The summed E-state index contributed by atoms with van der Waals surface area (Å²) in [5.41, 5.74) is 0.399. The molecule has 0 amide bonds. The van der Waals surface area contributed by atoms with Crippen LogP contribution in [0, 0.1) is 5.82 Å². The number of carboxylic acids is 1. The summed E-state index contributed by atoms with van der Waals surface area (Å²) < 4.78 is 13.4. The molecule has 0 heterocycles. The molecule has 1 atom stereocenters. The van der Waals surface area contributed by atoms with Gasteiger partial charge in [0.25, 0.3) is 0 Å². The highest BCUT2D eigenvalue weighted by atomic mass is 35.5. The van der Waals surface area contributed by atoms with Crippen LogP contribution in [0.2, 0.25) is 5.02 Å². The number of halogens is 2. The van der Waals surface area contributed by atoms with Crippen molar-refractivity contribution < 1.29 is 14.3 Å². The maximum atomic E-state index is 13.4. The number of hydrogen-bond donors (Lipinski definition) is 2. The summed E-state index contributed by atoms with van der Waals surface area (Å²) in [4.78, 5) is 11.3. The minimum Gasteiger partial charge on any atom is -0.480 e. The Morgan fingerprint density at radius 3 is 2.67 bits per heavy atom. The van der Waals surface area contributed by atoms with Crippen LogP contribution in [0.25, 0.3) is 0 Å². The van der Waals surface area contributed by atoms with Gasteiger partial charge in [-0.1, -0.05) is 30.5 Å². The van der Waals surface area contributed by atoms with Crippen LogP contribution in [0.5, 0.6) is 0 Å². The van der Waals surface area contributed by atoms with Crippen LogP contribution in [0.4, 0.5) is 4.39 Å². The molecule has 1 aliphatic carbocycles. The monoisotopic (exact) mass is 271 g/mol. The van der Waals surface area contributed by atoms with Crippen LogP contribution in [0.15, 0.2) is 18.2 Å². The fourth-order valence-electron chi connectivity index (χ4n) is 2.33. The van der Waals surface area contributed by atoms with Crippen molar-refractivity contribution in [3.8, 4) is 0 Å². The minimum atomic E-state index is -0.997. The van der Waals surface area contributed by atoms with Crippen molar-refractivity contribution in [2.45, 2.75) is 37.8 Å². The van der Waals surface area contributed by atoms with Gasteiger partial charge in [0.2, 0.25) is 0 Å². The predicted octanol–water partition coefficient (Wildman–Crippen LogP) is 3.14. The standard InChI is InChI=1S/C13H15ClFNO2/c14-10-6-5-8(7-11(10)15)12(13(17)18)16-9-3-1-2-4-9/h5-7,9,12,16H,1-4H2,(H,17,18). The zero-order valence-corrected chi connectivity index (χ0v) is 10.6. The lowest BCUT2D eigenvalue weighted by molar-refractivity contribution is -0.139. The minimum absolute atomic E-state index is 0.00348. The van der Waals surface area contributed by atoms with Crippen LogP contribution >= 0.6 is 11.6 Å². The number of hydrogen-bond acceptors (Lipinski definition) is 2. The maximum Gasteiger partial charge on any atom is 0.325 e. The van der Waals surface area contributed by atoms with Crippen LogP contribution in [0.1, 0.15) is 37.3 Å². The molecule has 0 spiro atoms. The number of carbonyl (C=O) groups is 1. The van der Waals surface area contributed by atoms with E-state index in [0.29, 0.717) is 5.56 Å². The van der Waals surface area contributed by atoms with Crippen LogP contribution in [-0.4, -0.2) is 17.1 Å². The van der Waals surface area contributed by atoms with Gasteiger partial charge in [-0.15, -0.1) is 0 Å². The number of nitrogens with one attached hydrogen (secondary N) is 1. The molecule has 0 aromatic heterocycles. The predicted molar refractivity (Wildman–Crippen MR) is 67.2 cm³/mol. The molecular formula is C13H15ClFNO2. The maximum absolute atomic E-state index is 13.4. The molecule has 1 aromatic rings. The zero-order valence-electron chi connectivity index (χ0n) is 9.83. The summed E-state index contributed by atoms with van der Waals surface area (Å²) in [6.07, 6.45) is 4.16. The van der Waals surface area contributed by atoms with Crippen molar-refractivity contribution in [3.05, 3.63) is 34.6 Å². The molecule has 1 saturated carbocycles. The highest BCUT2D eigenvalue weighted by Crippen LogP contribution is 2.24. The zero-order chi connectivity index (χ0) is 13.1. The Morgan fingerprint density at radius 2 is 2.11 bits per heavy atom. The smallest absolute Gasteiger partial charge is 0.325 e. The topological polar surface area (TPSA) is 49.3 Å². The Hall–Kier alpha value is -1.13. The van der Waals surface area contributed by atoms with Crippen LogP contribution in [-0.2, 0) is 4.79 Å². The molecule has 1 aromatic carbocycles. The van der Waals surface area contributed by atoms with E-state index in [1.165, 1.54) is 12.1 Å². The number of aliphatic carboxylic acids is 1. The van der Waals surface area contributed by atoms with E-state index in [2.05, 4.69) is 5.32 Å². The van der Waals surface area contributed by atoms with Gasteiger partial charge in [-0.2, -0.15) is 0 Å². The van der Waals surface area contributed by atoms with Crippen molar-refractivity contribution in [2.75, 3.05) is 0 Å². The van der Waals surface area contributed by atoms with Gasteiger partial charge in [-0.3, -0.25) is 10.1 Å². The molecule has 3 nitrogen and oxygen atoms in total. The molecule has 5 heteroatoms. The number of benzene rings is 1. The van der Waals surface area contributed by atoms with Crippen LogP contribution in [0.3, 0.4) is 0 Å². The molecular weight excluding hydrogens is 257 g/mol. The normalized spacial score (nSPS) is 17.9. The summed E-state index contributed by atoms with van der Waals surface area (Å²) in [6.45, 7) is 0. The van der Waals surface area contributed by atoms with Gasteiger partial charge < -0.3 is 5.11 Å². The summed E-state index contributed by atoms with van der Waals surface area (Å²) in [5.74, 6) is -1.59. The first-order chi connectivity index (χ1) is 8.58. The Labute approximate surface area is 110 Å². The van der Waals surface area contributed by atoms with Gasteiger partial charge in [0.15, 0.2) is 0 Å². The molecule has 98 valence electrons. The largest absolute Gasteiger partial charge is 0.480 e. The van der Waals surface area contributed by atoms with Gasteiger partial charge in [-0.25, -0.2) is 4.39 Å². The quantitative estimate of drug-likeness (QED) is 0.884. The molecule has 1 unspecified atom stereocenters. The summed E-state index contributed by atoms with van der Waals surface area (Å²) in [6, 6.07) is 3.44.